The molecule has 0 aromatic rings. The van der Waals surface area contributed by atoms with Gasteiger partial charge in [0.25, 0.3) is 0 Å². The molecule has 1 rings (SSSR count). The van der Waals surface area contributed by atoms with Crippen LogP contribution in [0.3, 0.4) is 0 Å². The summed E-state index contributed by atoms with van der Waals surface area (Å²) in [5, 5.41) is 2.70. The Morgan fingerprint density at radius 2 is 2.00 bits per heavy atom. The van der Waals surface area contributed by atoms with E-state index in [1.807, 2.05) is 0 Å². The van der Waals surface area contributed by atoms with Crippen molar-refractivity contribution in [3.8, 4) is 0 Å². The monoisotopic (exact) mass is 235 g/mol. The maximum absolute atomic E-state index is 11.7. The molecular formula is C9H17NO4S. The van der Waals surface area contributed by atoms with E-state index in [1.54, 1.807) is 6.92 Å². The lowest BCUT2D eigenvalue weighted by Gasteiger charge is -2.22. The molecule has 0 aliphatic carbocycles. The number of esters is 1. The number of hydrogen-bond donors (Lipinski definition) is 1. The number of carbonyl (C=O) groups excluding carboxylic acids is 1. The Labute approximate surface area is 90.1 Å². The van der Waals surface area contributed by atoms with Crippen LogP contribution in [-0.4, -0.2) is 45.1 Å². The van der Waals surface area contributed by atoms with Crippen LogP contribution in [0.4, 0.5) is 0 Å². The molecule has 0 amide bonds. The minimum absolute atomic E-state index is 0.223. The van der Waals surface area contributed by atoms with E-state index in [9.17, 15) is 13.2 Å². The van der Waals surface area contributed by atoms with E-state index >= 15 is 0 Å². The highest BCUT2D eigenvalue weighted by atomic mass is 32.2. The third kappa shape index (κ3) is 3.79. The lowest BCUT2D eigenvalue weighted by molar-refractivity contribution is -0.139. The third-order valence-corrected chi connectivity index (χ3v) is 4.54. The number of hydrogen-bond acceptors (Lipinski definition) is 5. The molecule has 0 atom stereocenters. The van der Waals surface area contributed by atoms with Crippen molar-refractivity contribution < 1.29 is 17.9 Å². The van der Waals surface area contributed by atoms with Gasteiger partial charge in [0.1, 0.15) is 5.75 Å². The average molecular weight is 235 g/mol. The van der Waals surface area contributed by atoms with E-state index in [1.165, 1.54) is 0 Å². The van der Waals surface area contributed by atoms with Crippen LogP contribution in [0.15, 0.2) is 0 Å². The first-order chi connectivity index (χ1) is 7.06. The van der Waals surface area contributed by atoms with Crippen molar-refractivity contribution in [1.29, 1.82) is 0 Å². The second-order valence-electron chi connectivity index (χ2n) is 3.56. The molecule has 88 valence electrons. The fraction of sp³-hybridized carbons (Fsp3) is 0.889. The van der Waals surface area contributed by atoms with E-state index in [-0.39, 0.29) is 11.9 Å². The first kappa shape index (κ1) is 12.4. The van der Waals surface area contributed by atoms with E-state index in [2.05, 4.69) is 10.1 Å². The van der Waals surface area contributed by atoms with E-state index in [4.69, 9.17) is 0 Å². The van der Waals surface area contributed by atoms with Crippen LogP contribution < -0.4 is 5.32 Å². The fourth-order valence-corrected chi connectivity index (χ4v) is 3.24. The van der Waals surface area contributed by atoms with Gasteiger partial charge in [-0.05, 0) is 32.9 Å². The zero-order valence-corrected chi connectivity index (χ0v) is 9.68. The summed E-state index contributed by atoms with van der Waals surface area (Å²) in [4.78, 5) is 11.1. The zero-order valence-electron chi connectivity index (χ0n) is 8.86. The van der Waals surface area contributed by atoms with Crippen molar-refractivity contribution in [2.75, 3.05) is 25.4 Å². The number of carbonyl (C=O) groups is 1. The Morgan fingerprint density at radius 1 is 1.40 bits per heavy atom. The second-order valence-corrected chi connectivity index (χ2v) is 5.84. The first-order valence-electron chi connectivity index (χ1n) is 5.14. The molecule has 1 N–H and O–H groups in total. The molecule has 1 aliphatic rings. The second kappa shape index (κ2) is 5.46. The fourth-order valence-electron chi connectivity index (χ4n) is 1.64. The smallest absolute Gasteiger partial charge is 0.321 e. The molecule has 0 radical (unpaired) electrons. The lowest BCUT2D eigenvalue weighted by Crippen LogP contribution is -2.38. The maximum atomic E-state index is 11.7. The maximum Gasteiger partial charge on any atom is 0.321 e. The SMILES string of the molecule is CCOC(=O)CS(=O)(=O)C1CCNCC1. The van der Waals surface area contributed by atoms with Crippen LogP contribution in [0, 0.1) is 0 Å². The molecule has 6 heteroatoms. The van der Waals surface area contributed by atoms with Gasteiger partial charge < -0.3 is 10.1 Å². The summed E-state index contributed by atoms with van der Waals surface area (Å²) < 4.78 is 28.1. The summed E-state index contributed by atoms with van der Waals surface area (Å²) in [6.45, 7) is 3.29. The highest BCUT2D eigenvalue weighted by molar-refractivity contribution is 7.92. The van der Waals surface area contributed by atoms with Gasteiger partial charge in [0.05, 0.1) is 11.9 Å². The van der Waals surface area contributed by atoms with Gasteiger partial charge in [0.15, 0.2) is 9.84 Å². The van der Waals surface area contributed by atoms with Crippen LogP contribution in [-0.2, 0) is 19.4 Å². The van der Waals surface area contributed by atoms with Crippen LogP contribution in [0.1, 0.15) is 19.8 Å². The molecule has 1 heterocycles. The Kier molecular flexibility index (Phi) is 4.53. The first-order valence-corrected chi connectivity index (χ1v) is 6.85. The Morgan fingerprint density at radius 3 is 2.53 bits per heavy atom. The number of nitrogens with one attached hydrogen (secondary N) is 1. The zero-order chi connectivity index (χ0) is 11.3. The molecule has 0 saturated carbocycles. The van der Waals surface area contributed by atoms with Crippen molar-refractivity contribution >= 4 is 15.8 Å². The molecule has 0 aromatic heterocycles. The Balaban J connectivity index is 2.53. The summed E-state index contributed by atoms with van der Waals surface area (Å²) >= 11 is 0. The number of piperidine rings is 1. The van der Waals surface area contributed by atoms with Crippen LogP contribution in [0.5, 0.6) is 0 Å². The molecule has 0 bridgehead atoms. The molecule has 0 aromatic carbocycles. The van der Waals surface area contributed by atoms with Crippen molar-refractivity contribution in [3.05, 3.63) is 0 Å². The summed E-state index contributed by atoms with van der Waals surface area (Å²) in [5.74, 6) is -1.12. The van der Waals surface area contributed by atoms with Gasteiger partial charge in [-0.15, -0.1) is 0 Å². The van der Waals surface area contributed by atoms with Crippen LogP contribution >= 0.6 is 0 Å². The molecule has 5 nitrogen and oxygen atoms in total. The molecule has 0 spiro atoms. The minimum atomic E-state index is -3.32. The lowest BCUT2D eigenvalue weighted by atomic mass is 10.2. The summed E-state index contributed by atoms with van der Waals surface area (Å²) in [7, 11) is -3.32. The van der Waals surface area contributed by atoms with Gasteiger partial charge in [-0.3, -0.25) is 4.79 Å². The third-order valence-electron chi connectivity index (χ3n) is 2.42. The topological polar surface area (TPSA) is 72.5 Å². The van der Waals surface area contributed by atoms with Crippen molar-refractivity contribution in [1.82, 2.24) is 5.32 Å². The van der Waals surface area contributed by atoms with Gasteiger partial charge in [-0.2, -0.15) is 0 Å². The highest BCUT2D eigenvalue weighted by Crippen LogP contribution is 2.14. The van der Waals surface area contributed by atoms with E-state index in [0.29, 0.717) is 25.9 Å². The van der Waals surface area contributed by atoms with Crippen LogP contribution in [0.25, 0.3) is 0 Å². The molecule has 1 aliphatic heterocycles. The molecule has 0 unspecified atom stereocenters. The molecule has 1 saturated heterocycles. The number of rotatable bonds is 4. The van der Waals surface area contributed by atoms with Gasteiger partial charge in [-0.25, -0.2) is 8.42 Å². The van der Waals surface area contributed by atoms with Gasteiger partial charge in [-0.1, -0.05) is 0 Å². The van der Waals surface area contributed by atoms with Crippen molar-refractivity contribution in [2.45, 2.75) is 25.0 Å². The van der Waals surface area contributed by atoms with E-state index in [0.717, 1.165) is 0 Å². The minimum Gasteiger partial charge on any atom is -0.465 e. The average Bonchev–Trinajstić information content (AvgIpc) is 2.18. The largest absolute Gasteiger partial charge is 0.465 e. The van der Waals surface area contributed by atoms with Gasteiger partial charge in [0, 0.05) is 0 Å². The van der Waals surface area contributed by atoms with Gasteiger partial charge >= 0.3 is 5.97 Å². The molecule has 1 fully saturated rings. The predicted octanol–water partition coefficient (Wildman–Crippen LogP) is -0.284. The summed E-state index contributed by atoms with van der Waals surface area (Å²) in [5.41, 5.74) is 0. The molecular weight excluding hydrogens is 218 g/mol. The molecule has 15 heavy (non-hydrogen) atoms. The number of ether oxygens (including phenoxy) is 1. The summed E-state index contributed by atoms with van der Waals surface area (Å²) in [6.07, 6.45) is 1.17. The predicted molar refractivity (Wildman–Crippen MR) is 56.3 cm³/mol. The van der Waals surface area contributed by atoms with E-state index < -0.39 is 21.6 Å². The van der Waals surface area contributed by atoms with Crippen molar-refractivity contribution in [3.63, 3.8) is 0 Å². The Bertz CT molecular complexity index is 306. The quantitative estimate of drug-likeness (QED) is 0.678. The Hall–Kier alpha value is -0.620. The highest BCUT2D eigenvalue weighted by Gasteiger charge is 2.29. The van der Waals surface area contributed by atoms with Crippen LogP contribution in [0.2, 0.25) is 0 Å². The van der Waals surface area contributed by atoms with Crippen molar-refractivity contribution in [2.24, 2.45) is 0 Å². The normalized spacial score (nSPS) is 18.7. The summed E-state index contributed by atoms with van der Waals surface area (Å²) in [6, 6.07) is 0. The number of sulfone groups is 1. The standard InChI is InChI=1S/C9H17NO4S/c1-2-14-9(11)7-15(12,13)8-3-5-10-6-4-8/h8,10H,2-7H2,1H3. The van der Waals surface area contributed by atoms with Gasteiger partial charge in [0.2, 0.25) is 0 Å².